The smallest absolute Gasteiger partial charge is 0.221 e. The van der Waals surface area contributed by atoms with E-state index in [9.17, 15) is 9.90 Å². The largest absolute Gasteiger partial charge is 0.393 e. The maximum atomic E-state index is 12.2. The lowest BCUT2D eigenvalue weighted by atomic mass is 9.87. The number of nitrogens with one attached hydrogen (secondary N) is 1. The van der Waals surface area contributed by atoms with E-state index in [1.807, 2.05) is 0 Å². The minimum absolute atomic E-state index is 0.0870. The fraction of sp³-hybridized carbons (Fsp3) is 0.650. The highest BCUT2D eigenvalue weighted by atomic mass is 16.3. The van der Waals surface area contributed by atoms with Crippen molar-refractivity contribution in [1.82, 2.24) is 5.32 Å². The van der Waals surface area contributed by atoms with Gasteiger partial charge < -0.3 is 15.3 Å². The number of amides is 1. The second-order valence-corrected chi connectivity index (χ2v) is 7.95. The molecule has 0 bridgehead atoms. The van der Waals surface area contributed by atoms with Crippen molar-refractivity contribution in [3.05, 3.63) is 29.8 Å². The molecule has 2 N–H and O–H groups in total. The number of para-hydroxylation sites is 1. The summed E-state index contributed by atoms with van der Waals surface area (Å²) in [6.07, 6.45) is 3.10. The van der Waals surface area contributed by atoms with Gasteiger partial charge in [0, 0.05) is 31.2 Å². The van der Waals surface area contributed by atoms with Crippen molar-refractivity contribution < 1.29 is 9.90 Å². The van der Waals surface area contributed by atoms with Crippen LogP contribution in [0.5, 0.6) is 0 Å². The molecule has 0 saturated heterocycles. The third-order valence-corrected chi connectivity index (χ3v) is 4.86. The van der Waals surface area contributed by atoms with Gasteiger partial charge in [0.15, 0.2) is 0 Å². The molecule has 4 nitrogen and oxygen atoms in total. The van der Waals surface area contributed by atoms with E-state index in [4.69, 9.17) is 0 Å². The Morgan fingerprint density at radius 1 is 1.42 bits per heavy atom. The van der Waals surface area contributed by atoms with E-state index < -0.39 is 0 Å². The van der Waals surface area contributed by atoms with Gasteiger partial charge in [0.05, 0.1) is 6.10 Å². The zero-order valence-electron chi connectivity index (χ0n) is 15.5. The van der Waals surface area contributed by atoms with Crippen molar-refractivity contribution >= 4 is 11.6 Å². The Hall–Kier alpha value is -1.55. The molecule has 0 radical (unpaired) electrons. The van der Waals surface area contributed by atoms with Gasteiger partial charge in [-0.05, 0) is 50.2 Å². The van der Waals surface area contributed by atoms with Crippen LogP contribution in [0.15, 0.2) is 24.3 Å². The van der Waals surface area contributed by atoms with E-state index in [1.165, 1.54) is 11.3 Å². The van der Waals surface area contributed by atoms with Gasteiger partial charge in [-0.1, -0.05) is 32.0 Å². The minimum Gasteiger partial charge on any atom is -0.393 e. The number of benzene rings is 1. The number of aliphatic hydroxyl groups excluding tert-OH is 1. The quantitative estimate of drug-likeness (QED) is 0.806. The predicted octanol–water partition coefficient (Wildman–Crippen LogP) is 3.13. The summed E-state index contributed by atoms with van der Waals surface area (Å²) in [5.41, 5.74) is 2.57. The Morgan fingerprint density at radius 2 is 2.12 bits per heavy atom. The number of carbonyl (C=O) groups is 1. The second-order valence-electron chi connectivity index (χ2n) is 7.95. The lowest BCUT2D eigenvalue weighted by molar-refractivity contribution is -0.121. The molecule has 1 aromatic carbocycles. The first-order valence-electron chi connectivity index (χ1n) is 9.08. The summed E-state index contributed by atoms with van der Waals surface area (Å²) in [4.78, 5) is 14.6. The van der Waals surface area contributed by atoms with Crippen molar-refractivity contribution in [2.45, 2.75) is 65.5 Å². The molecule has 2 rings (SSSR count). The van der Waals surface area contributed by atoms with Gasteiger partial charge in [-0.2, -0.15) is 0 Å². The summed E-state index contributed by atoms with van der Waals surface area (Å²) >= 11 is 0. The molecule has 0 aromatic heterocycles. The van der Waals surface area contributed by atoms with Gasteiger partial charge in [-0.3, -0.25) is 4.79 Å². The summed E-state index contributed by atoms with van der Waals surface area (Å²) in [6.45, 7) is 9.52. The fourth-order valence-electron chi connectivity index (χ4n) is 3.62. The molecule has 1 heterocycles. The monoisotopic (exact) mass is 332 g/mol. The molecule has 1 aromatic rings. The maximum Gasteiger partial charge on any atom is 0.221 e. The average molecular weight is 332 g/mol. The van der Waals surface area contributed by atoms with Crippen LogP contribution in [0.1, 0.15) is 52.5 Å². The molecule has 1 amide bonds. The van der Waals surface area contributed by atoms with Crippen LogP contribution >= 0.6 is 0 Å². The Labute approximate surface area is 146 Å². The molecule has 0 aliphatic carbocycles. The van der Waals surface area contributed by atoms with Gasteiger partial charge in [-0.25, -0.2) is 0 Å². The molecule has 1 aliphatic rings. The molecule has 4 heteroatoms. The molecule has 134 valence electrons. The molecular formula is C20H32N2O2. The molecule has 0 saturated carbocycles. The van der Waals surface area contributed by atoms with Crippen LogP contribution in [0.2, 0.25) is 0 Å². The Bertz CT molecular complexity index is 554. The third kappa shape index (κ3) is 5.23. The highest BCUT2D eigenvalue weighted by molar-refractivity contribution is 5.76. The number of hydrogen-bond donors (Lipinski definition) is 2. The van der Waals surface area contributed by atoms with Crippen LogP contribution in [0.25, 0.3) is 0 Å². The van der Waals surface area contributed by atoms with Gasteiger partial charge in [0.1, 0.15) is 0 Å². The number of hydrogen-bond acceptors (Lipinski definition) is 3. The molecule has 24 heavy (non-hydrogen) atoms. The van der Waals surface area contributed by atoms with E-state index in [1.54, 1.807) is 6.92 Å². The van der Waals surface area contributed by atoms with Crippen LogP contribution in [0.3, 0.4) is 0 Å². The molecular weight excluding hydrogens is 300 g/mol. The topological polar surface area (TPSA) is 52.6 Å². The summed E-state index contributed by atoms with van der Waals surface area (Å²) in [6, 6.07) is 8.98. The third-order valence-electron chi connectivity index (χ3n) is 4.86. The van der Waals surface area contributed by atoms with E-state index in [0.29, 0.717) is 25.4 Å². The van der Waals surface area contributed by atoms with E-state index in [-0.39, 0.29) is 17.4 Å². The van der Waals surface area contributed by atoms with Crippen LogP contribution in [-0.4, -0.2) is 36.2 Å². The molecule has 0 fully saturated rings. The van der Waals surface area contributed by atoms with E-state index in [2.05, 4.69) is 55.3 Å². The van der Waals surface area contributed by atoms with E-state index in [0.717, 1.165) is 19.4 Å². The van der Waals surface area contributed by atoms with Crippen molar-refractivity contribution in [2.24, 2.45) is 5.41 Å². The first kappa shape index (κ1) is 18.8. The van der Waals surface area contributed by atoms with Crippen molar-refractivity contribution in [2.75, 3.05) is 18.0 Å². The van der Waals surface area contributed by atoms with Crippen molar-refractivity contribution in [1.29, 1.82) is 0 Å². The maximum absolute atomic E-state index is 12.2. The molecule has 1 aliphatic heterocycles. The first-order valence-corrected chi connectivity index (χ1v) is 9.08. The number of rotatable bonds is 7. The zero-order chi connectivity index (χ0) is 17.7. The molecule has 2 unspecified atom stereocenters. The number of fused-ring (bicyclic) bond motifs is 1. The summed E-state index contributed by atoms with van der Waals surface area (Å²) in [5, 5.41) is 12.6. The SMILES string of the molecule is CC(O)CC(C)(C)CNC(=O)CCN1c2ccccc2CCC1C. The number of anilines is 1. The lowest BCUT2D eigenvalue weighted by Gasteiger charge is -2.37. The van der Waals surface area contributed by atoms with E-state index >= 15 is 0 Å². The molecule has 2 atom stereocenters. The standard InChI is InChI=1S/C20H32N2O2/c1-15-9-10-17-7-5-6-8-18(17)22(15)12-11-19(24)21-14-20(3,4)13-16(2)23/h5-8,15-16,23H,9-14H2,1-4H3,(H,21,24). The Balaban J connectivity index is 1.86. The second kappa shape index (κ2) is 8.02. The Kier molecular flexibility index (Phi) is 6.27. The van der Waals surface area contributed by atoms with Crippen molar-refractivity contribution in [3.63, 3.8) is 0 Å². The summed E-state index contributed by atoms with van der Waals surface area (Å²) in [7, 11) is 0. The van der Waals surface area contributed by atoms with Gasteiger partial charge in [0.2, 0.25) is 5.91 Å². The number of aryl methyl sites for hydroxylation is 1. The minimum atomic E-state index is -0.345. The highest BCUT2D eigenvalue weighted by Crippen LogP contribution is 2.30. The first-order chi connectivity index (χ1) is 11.3. The number of carbonyl (C=O) groups excluding carboxylic acids is 1. The lowest BCUT2D eigenvalue weighted by Crippen LogP contribution is -2.41. The highest BCUT2D eigenvalue weighted by Gasteiger charge is 2.24. The van der Waals surface area contributed by atoms with Gasteiger partial charge >= 0.3 is 0 Å². The molecule has 0 spiro atoms. The Morgan fingerprint density at radius 3 is 2.83 bits per heavy atom. The predicted molar refractivity (Wildman–Crippen MR) is 99.3 cm³/mol. The van der Waals surface area contributed by atoms with Crippen LogP contribution in [0.4, 0.5) is 5.69 Å². The van der Waals surface area contributed by atoms with Gasteiger partial charge in [0.25, 0.3) is 0 Å². The summed E-state index contributed by atoms with van der Waals surface area (Å²) < 4.78 is 0. The number of aliphatic hydroxyl groups is 1. The summed E-state index contributed by atoms with van der Waals surface area (Å²) in [5.74, 6) is 0.0870. The normalized spacial score (nSPS) is 18.9. The van der Waals surface area contributed by atoms with Gasteiger partial charge in [-0.15, -0.1) is 0 Å². The zero-order valence-corrected chi connectivity index (χ0v) is 15.5. The van der Waals surface area contributed by atoms with Crippen LogP contribution in [-0.2, 0) is 11.2 Å². The fourth-order valence-corrected chi connectivity index (χ4v) is 3.62. The average Bonchev–Trinajstić information content (AvgIpc) is 2.51. The van der Waals surface area contributed by atoms with Crippen LogP contribution in [0, 0.1) is 5.41 Å². The number of nitrogens with zero attached hydrogens (tertiary/aromatic N) is 1. The van der Waals surface area contributed by atoms with Crippen LogP contribution < -0.4 is 10.2 Å². The van der Waals surface area contributed by atoms with Crippen molar-refractivity contribution in [3.8, 4) is 0 Å².